The maximum Gasteiger partial charge on any atom is 0.310 e. The Hall–Kier alpha value is -1.26. The van der Waals surface area contributed by atoms with Crippen molar-refractivity contribution in [3.05, 3.63) is 41.0 Å². The van der Waals surface area contributed by atoms with Crippen molar-refractivity contribution >= 4 is 23.8 Å². The van der Waals surface area contributed by atoms with Crippen LogP contribution in [-0.4, -0.2) is 33.8 Å². The van der Waals surface area contributed by atoms with E-state index < -0.39 is 11.9 Å². The minimum atomic E-state index is -0.816. The first-order chi connectivity index (χ1) is 8.58. The van der Waals surface area contributed by atoms with E-state index in [1.807, 2.05) is 30.3 Å². The van der Waals surface area contributed by atoms with Crippen LogP contribution in [0.2, 0.25) is 0 Å². The van der Waals surface area contributed by atoms with Crippen LogP contribution in [0.3, 0.4) is 0 Å². The van der Waals surface area contributed by atoms with E-state index in [9.17, 15) is 9.90 Å². The molecule has 1 fully saturated rings. The Kier molecular flexibility index (Phi) is 4.09. The lowest BCUT2D eigenvalue weighted by Crippen LogP contribution is -2.07. The van der Waals surface area contributed by atoms with Crippen molar-refractivity contribution in [2.24, 2.45) is 0 Å². The molecule has 0 radical (unpaired) electrons. The minimum Gasteiger partial charge on any atom is -0.481 e. The van der Waals surface area contributed by atoms with Crippen molar-refractivity contribution in [1.82, 2.24) is 0 Å². The number of hydrogen-bond donors (Lipinski definition) is 2. The van der Waals surface area contributed by atoms with Crippen LogP contribution in [0.15, 0.2) is 29.8 Å². The molecule has 96 valence electrons. The molecule has 0 aliphatic carbocycles. The van der Waals surface area contributed by atoms with Gasteiger partial charge >= 0.3 is 5.97 Å². The SMILES string of the molecule is CC(C(=O)O)c1ccc(/C=C2/CSCC2O)cc1. The molecule has 0 spiro atoms. The molecule has 0 aromatic heterocycles. The van der Waals surface area contributed by atoms with Gasteiger partial charge in [0.1, 0.15) is 0 Å². The Morgan fingerprint density at radius 2 is 2.11 bits per heavy atom. The monoisotopic (exact) mass is 264 g/mol. The molecule has 0 amide bonds. The topological polar surface area (TPSA) is 57.5 Å². The average molecular weight is 264 g/mol. The molecule has 2 atom stereocenters. The molecule has 1 aromatic carbocycles. The van der Waals surface area contributed by atoms with E-state index in [4.69, 9.17) is 5.11 Å². The van der Waals surface area contributed by atoms with Crippen molar-refractivity contribution in [3.8, 4) is 0 Å². The first-order valence-electron chi connectivity index (χ1n) is 5.87. The van der Waals surface area contributed by atoms with Gasteiger partial charge in [-0.15, -0.1) is 0 Å². The zero-order valence-electron chi connectivity index (χ0n) is 10.2. The number of benzene rings is 1. The molecule has 4 heteroatoms. The van der Waals surface area contributed by atoms with E-state index in [1.165, 1.54) is 0 Å². The Balaban J connectivity index is 2.15. The van der Waals surface area contributed by atoms with Crippen molar-refractivity contribution in [3.63, 3.8) is 0 Å². The molecule has 1 heterocycles. The number of aliphatic carboxylic acids is 1. The highest BCUT2D eigenvalue weighted by Crippen LogP contribution is 2.26. The first kappa shape index (κ1) is 13.2. The summed E-state index contributed by atoms with van der Waals surface area (Å²) in [5.74, 6) is 0.331. The number of carboxylic acid groups (broad SMARTS) is 1. The summed E-state index contributed by atoms with van der Waals surface area (Å²) in [7, 11) is 0. The molecule has 0 saturated carbocycles. The molecule has 1 aliphatic rings. The van der Waals surface area contributed by atoms with Gasteiger partial charge in [0.2, 0.25) is 0 Å². The lowest BCUT2D eigenvalue weighted by molar-refractivity contribution is -0.138. The maximum absolute atomic E-state index is 10.9. The highest BCUT2D eigenvalue weighted by molar-refractivity contribution is 7.99. The number of aliphatic hydroxyl groups excluding tert-OH is 1. The quantitative estimate of drug-likeness (QED) is 0.880. The van der Waals surface area contributed by atoms with Crippen molar-refractivity contribution < 1.29 is 15.0 Å². The Labute approximate surface area is 111 Å². The fraction of sp³-hybridized carbons (Fsp3) is 0.357. The summed E-state index contributed by atoms with van der Waals surface area (Å²) in [5, 5.41) is 18.6. The van der Waals surface area contributed by atoms with Gasteiger partial charge in [-0.1, -0.05) is 30.3 Å². The second kappa shape index (κ2) is 5.59. The summed E-state index contributed by atoms with van der Waals surface area (Å²) in [5.41, 5.74) is 2.85. The van der Waals surface area contributed by atoms with Crippen LogP contribution >= 0.6 is 11.8 Å². The zero-order chi connectivity index (χ0) is 13.1. The van der Waals surface area contributed by atoms with Gasteiger partial charge in [-0.3, -0.25) is 4.79 Å². The molecule has 18 heavy (non-hydrogen) atoms. The molecule has 2 N–H and O–H groups in total. The zero-order valence-corrected chi connectivity index (χ0v) is 11.0. The van der Waals surface area contributed by atoms with Gasteiger partial charge in [0.25, 0.3) is 0 Å². The third kappa shape index (κ3) is 2.94. The van der Waals surface area contributed by atoms with Gasteiger partial charge in [0.15, 0.2) is 0 Å². The van der Waals surface area contributed by atoms with Gasteiger partial charge in [-0.2, -0.15) is 11.8 Å². The second-order valence-electron chi connectivity index (χ2n) is 4.48. The smallest absolute Gasteiger partial charge is 0.310 e. The number of thioether (sulfide) groups is 1. The molecular formula is C14H16O3S. The molecule has 1 aliphatic heterocycles. The first-order valence-corrected chi connectivity index (χ1v) is 7.02. The molecule has 0 bridgehead atoms. The molecule has 2 rings (SSSR count). The molecule has 2 unspecified atom stereocenters. The lowest BCUT2D eigenvalue weighted by Gasteiger charge is -2.07. The minimum absolute atomic E-state index is 0.340. The van der Waals surface area contributed by atoms with Crippen LogP contribution in [0, 0.1) is 0 Å². The number of rotatable bonds is 3. The maximum atomic E-state index is 10.9. The molecule has 1 saturated heterocycles. The van der Waals surface area contributed by atoms with Gasteiger partial charge in [-0.05, 0) is 23.6 Å². The predicted octanol–water partition coefficient (Wildman–Crippen LogP) is 2.37. The molecule has 1 aromatic rings. The van der Waals surface area contributed by atoms with E-state index >= 15 is 0 Å². The number of carboxylic acids is 1. The van der Waals surface area contributed by atoms with Gasteiger partial charge < -0.3 is 10.2 Å². The Morgan fingerprint density at radius 1 is 1.44 bits per heavy atom. The van der Waals surface area contributed by atoms with Crippen LogP contribution < -0.4 is 0 Å². The second-order valence-corrected chi connectivity index (χ2v) is 5.51. The number of aliphatic hydroxyl groups is 1. The van der Waals surface area contributed by atoms with E-state index in [0.29, 0.717) is 0 Å². The van der Waals surface area contributed by atoms with E-state index in [1.54, 1.807) is 18.7 Å². The van der Waals surface area contributed by atoms with E-state index in [2.05, 4.69) is 0 Å². The summed E-state index contributed by atoms with van der Waals surface area (Å²) in [6.45, 7) is 1.67. The summed E-state index contributed by atoms with van der Waals surface area (Å²) >= 11 is 1.73. The van der Waals surface area contributed by atoms with Crippen molar-refractivity contribution in [1.29, 1.82) is 0 Å². The normalized spacial score (nSPS) is 23.2. The Morgan fingerprint density at radius 3 is 2.61 bits per heavy atom. The van der Waals surface area contributed by atoms with Crippen molar-refractivity contribution in [2.45, 2.75) is 18.9 Å². The largest absolute Gasteiger partial charge is 0.481 e. The van der Waals surface area contributed by atoms with Gasteiger partial charge in [0.05, 0.1) is 12.0 Å². The van der Waals surface area contributed by atoms with E-state index in [0.717, 1.165) is 28.2 Å². The van der Waals surface area contributed by atoms with Crippen LogP contribution in [0.5, 0.6) is 0 Å². The fourth-order valence-electron chi connectivity index (χ4n) is 1.87. The van der Waals surface area contributed by atoms with E-state index in [-0.39, 0.29) is 6.10 Å². The molecule has 3 nitrogen and oxygen atoms in total. The highest BCUT2D eigenvalue weighted by atomic mass is 32.2. The number of carbonyl (C=O) groups is 1. The van der Waals surface area contributed by atoms with Gasteiger partial charge in [0, 0.05) is 11.5 Å². The standard InChI is InChI=1S/C14H16O3S/c1-9(14(16)17)11-4-2-10(3-5-11)6-12-7-18-8-13(12)15/h2-6,9,13,15H,7-8H2,1H3,(H,16,17)/b12-6-. The van der Waals surface area contributed by atoms with Crippen LogP contribution in [-0.2, 0) is 4.79 Å². The lowest BCUT2D eigenvalue weighted by atomic mass is 9.99. The fourth-order valence-corrected chi connectivity index (χ4v) is 2.93. The third-order valence-electron chi connectivity index (χ3n) is 3.13. The van der Waals surface area contributed by atoms with Crippen molar-refractivity contribution in [2.75, 3.05) is 11.5 Å². The third-order valence-corrected chi connectivity index (χ3v) is 4.22. The van der Waals surface area contributed by atoms with Crippen LogP contribution in [0.25, 0.3) is 6.08 Å². The Bertz CT molecular complexity index is 464. The summed E-state index contributed by atoms with van der Waals surface area (Å²) in [4.78, 5) is 10.9. The summed E-state index contributed by atoms with van der Waals surface area (Å²) in [6, 6.07) is 7.47. The summed E-state index contributed by atoms with van der Waals surface area (Å²) < 4.78 is 0. The number of hydrogen-bond acceptors (Lipinski definition) is 3. The predicted molar refractivity (Wildman–Crippen MR) is 73.8 cm³/mol. The van der Waals surface area contributed by atoms with Crippen LogP contribution in [0.4, 0.5) is 0 Å². The van der Waals surface area contributed by atoms with Gasteiger partial charge in [-0.25, -0.2) is 0 Å². The molecular weight excluding hydrogens is 248 g/mol. The highest BCUT2D eigenvalue weighted by Gasteiger charge is 2.18. The van der Waals surface area contributed by atoms with Crippen LogP contribution in [0.1, 0.15) is 24.0 Å². The average Bonchev–Trinajstić information content (AvgIpc) is 2.75. The summed E-state index contributed by atoms with van der Waals surface area (Å²) in [6.07, 6.45) is 1.65.